The Morgan fingerprint density at radius 1 is 1.37 bits per heavy atom. The van der Waals surface area contributed by atoms with Gasteiger partial charge in [-0.1, -0.05) is 0 Å². The molecule has 5 heteroatoms. The van der Waals surface area contributed by atoms with Crippen LogP contribution < -0.4 is 5.32 Å². The Morgan fingerprint density at radius 3 is 2.68 bits per heavy atom. The zero-order valence-corrected chi connectivity index (χ0v) is 11.8. The third-order valence-corrected chi connectivity index (χ3v) is 3.99. The molecule has 1 saturated carbocycles. The third-order valence-electron chi connectivity index (χ3n) is 3.99. The number of rotatable bonds is 6. The summed E-state index contributed by atoms with van der Waals surface area (Å²) in [4.78, 5) is 0. The summed E-state index contributed by atoms with van der Waals surface area (Å²) in [5, 5.41) is 20.7. The summed E-state index contributed by atoms with van der Waals surface area (Å²) < 4.78 is 5.14. The molecule has 1 aromatic rings. The van der Waals surface area contributed by atoms with Gasteiger partial charge in [0.05, 0.1) is 5.69 Å². The summed E-state index contributed by atoms with van der Waals surface area (Å²) in [6.45, 7) is 5.40. The monoisotopic (exact) mass is 260 g/mol. The van der Waals surface area contributed by atoms with Gasteiger partial charge in [0, 0.05) is 20.3 Å². The molecule has 0 aliphatic heterocycles. The first-order chi connectivity index (χ1) is 9.12. The van der Waals surface area contributed by atoms with Crippen LogP contribution in [0.15, 0.2) is 0 Å². The normalized spacial score (nSPS) is 15.9. The number of methoxy groups -OCH3 is 1. The molecule has 102 valence electrons. The smallest absolute Gasteiger partial charge is 0.166 e. The molecule has 1 aliphatic rings. The van der Waals surface area contributed by atoms with Crippen LogP contribution >= 0.6 is 0 Å². The minimum Gasteiger partial charge on any atom is -0.385 e. The Balaban J connectivity index is 2.05. The maximum Gasteiger partial charge on any atom is 0.166 e. The predicted molar refractivity (Wildman–Crippen MR) is 72.9 cm³/mol. The van der Waals surface area contributed by atoms with Crippen molar-refractivity contribution < 1.29 is 4.74 Å². The van der Waals surface area contributed by atoms with Crippen LogP contribution in [0.4, 0.5) is 5.82 Å². The lowest BCUT2D eigenvalue weighted by atomic mass is 10.0. The van der Waals surface area contributed by atoms with Crippen molar-refractivity contribution in [2.75, 3.05) is 25.6 Å². The Kier molecular flexibility index (Phi) is 4.01. The number of ether oxygens (including phenoxy) is 1. The van der Waals surface area contributed by atoms with E-state index in [0.717, 1.165) is 30.8 Å². The van der Waals surface area contributed by atoms with E-state index < -0.39 is 0 Å². The van der Waals surface area contributed by atoms with E-state index in [1.54, 1.807) is 7.11 Å². The lowest BCUT2D eigenvalue weighted by Crippen LogP contribution is -2.19. The van der Waals surface area contributed by atoms with E-state index in [1.165, 1.54) is 12.8 Å². The van der Waals surface area contributed by atoms with Crippen molar-refractivity contribution in [1.29, 1.82) is 5.26 Å². The Labute approximate surface area is 114 Å². The number of aromatic nitrogens is 2. The van der Waals surface area contributed by atoms with Crippen LogP contribution in [-0.2, 0) is 4.74 Å². The van der Waals surface area contributed by atoms with Crippen LogP contribution in [0.3, 0.4) is 0 Å². The number of nitrogens with one attached hydrogen (secondary N) is 1. The van der Waals surface area contributed by atoms with Crippen LogP contribution in [0, 0.1) is 30.6 Å². The van der Waals surface area contributed by atoms with Crippen molar-refractivity contribution in [3.63, 3.8) is 0 Å². The van der Waals surface area contributed by atoms with Gasteiger partial charge in [0.2, 0.25) is 0 Å². The molecule has 1 aromatic heterocycles. The molecule has 1 aliphatic carbocycles. The minimum absolute atomic E-state index is 0.323. The van der Waals surface area contributed by atoms with Gasteiger partial charge in [-0.25, -0.2) is 0 Å². The topological polar surface area (TPSA) is 70.8 Å². The summed E-state index contributed by atoms with van der Waals surface area (Å²) in [5.74, 6) is 0.606. The highest BCUT2D eigenvalue weighted by molar-refractivity contribution is 5.55. The lowest BCUT2D eigenvalue weighted by Gasteiger charge is -2.16. The van der Waals surface area contributed by atoms with Gasteiger partial charge in [-0.3, -0.25) is 0 Å². The standard InChI is InChI=1S/C14H20N4O/c1-10-11(2)17-18-13(12(10)8-15)16-9-14(4-5-14)6-7-19-3/h4-7,9H2,1-3H3,(H,16,18). The molecule has 0 aromatic carbocycles. The number of nitriles is 1. The molecule has 0 spiro atoms. The predicted octanol–water partition coefficient (Wildman–Crippen LogP) is 2.19. The molecule has 0 saturated heterocycles. The number of nitrogens with zero attached hydrogens (tertiary/aromatic N) is 3. The quantitative estimate of drug-likeness (QED) is 0.849. The second-order valence-electron chi connectivity index (χ2n) is 5.34. The minimum atomic E-state index is 0.323. The third kappa shape index (κ3) is 3.02. The number of hydrogen-bond donors (Lipinski definition) is 1. The van der Waals surface area contributed by atoms with Gasteiger partial charge in [-0.05, 0) is 44.1 Å². The molecular formula is C14H20N4O. The number of anilines is 1. The second kappa shape index (κ2) is 5.54. The average Bonchev–Trinajstić information content (AvgIpc) is 3.18. The van der Waals surface area contributed by atoms with E-state index >= 15 is 0 Å². The van der Waals surface area contributed by atoms with E-state index in [-0.39, 0.29) is 0 Å². The first-order valence-electron chi connectivity index (χ1n) is 6.59. The SMILES string of the molecule is COCCC1(CNc2nnc(C)c(C)c2C#N)CC1. The van der Waals surface area contributed by atoms with Gasteiger partial charge in [0.15, 0.2) is 5.82 Å². The first kappa shape index (κ1) is 13.8. The highest BCUT2D eigenvalue weighted by atomic mass is 16.5. The van der Waals surface area contributed by atoms with Crippen LogP contribution in [0.5, 0.6) is 0 Å². The van der Waals surface area contributed by atoms with Gasteiger partial charge in [-0.2, -0.15) is 10.4 Å². The number of aryl methyl sites for hydroxylation is 1. The fraction of sp³-hybridized carbons (Fsp3) is 0.643. The zero-order valence-electron chi connectivity index (χ0n) is 11.8. The molecule has 0 atom stereocenters. The van der Waals surface area contributed by atoms with Gasteiger partial charge >= 0.3 is 0 Å². The molecule has 1 heterocycles. The highest BCUT2D eigenvalue weighted by Gasteiger charge is 2.41. The summed E-state index contributed by atoms with van der Waals surface area (Å²) >= 11 is 0. The summed E-state index contributed by atoms with van der Waals surface area (Å²) in [6, 6.07) is 2.21. The van der Waals surface area contributed by atoms with Crippen molar-refractivity contribution in [2.45, 2.75) is 33.1 Å². The van der Waals surface area contributed by atoms with E-state index in [9.17, 15) is 5.26 Å². The fourth-order valence-electron chi connectivity index (χ4n) is 2.15. The molecule has 1 fully saturated rings. The Bertz CT molecular complexity index is 503. The van der Waals surface area contributed by atoms with E-state index in [1.807, 2.05) is 13.8 Å². The maximum atomic E-state index is 9.23. The Morgan fingerprint density at radius 2 is 2.11 bits per heavy atom. The van der Waals surface area contributed by atoms with Crippen molar-refractivity contribution in [2.24, 2.45) is 5.41 Å². The molecule has 0 bridgehead atoms. The van der Waals surface area contributed by atoms with Crippen LogP contribution in [0.1, 0.15) is 36.1 Å². The molecule has 0 radical (unpaired) electrons. The first-order valence-corrected chi connectivity index (χ1v) is 6.59. The van der Waals surface area contributed by atoms with E-state index in [2.05, 4.69) is 21.6 Å². The lowest BCUT2D eigenvalue weighted by molar-refractivity contribution is 0.175. The van der Waals surface area contributed by atoms with Crippen LogP contribution in [0.2, 0.25) is 0 Å². The second-order valence-corrected chi connectivity index (χ2v) is 5.34. The van der Waals surface area contributed by atoms with Crippen LogP contribution in [0.25, 0.3) is 0 Å². The van der Waals surface area contributed by atoms with Gasteiger partial charge in [0.25, 0.3) is 0 Å². The van der Waals surface area contributed by atoms with Gasteiger partial charge < -0.3 is 10.1 Å². The van der Waals surface area contributed by atoms with Gasteiger partial charge in [0.1, 0.15) is 11.6 Å². The van der Waals surface area contributed by atoms with Crippen molar-refractivity contribution in [3.8, 4) is 6.07 Å². The average molecular weight is 260 g/mol. The summed E-state index contributed by atoms with van der Waals surface area (Å²) in [5.41, 5.74) is 2.64. The van der Waals surface area contributed by atoms with Crippen molar-refractivity contribution in [1.82, 2.24) is 10.2 Å². The van der Waals surface area contributed by atoms with E-state index in [4.69, 9.17) is 4.74 Å². The van der Waals surface area contributed by atoms with E-state index in [0.29, 0.717) is 16.8 Å². The highest BCUT2D eigenvalue weighted by Crippen LogP contribution is 2.48. The maximum absolute atomic E-state index is 9.23. The summed E-state index contributed by atoms with van der Waals surface area (Å²) in [6.07, 6.45) is 3.48. The molecule has 5 nitrogen and oxygen atoms in total. The number of hydrogen-bond acceptors (Lipinski definition) is 5. The molecular weight excluding hydrogens is 240 g/mol. The Hall–Kier alpha value is -1.67. The molecule has 19 heavy (non-hydrogen) atoms. The molecule has 0 unspecified atom stereocenters. The van der Waals surface area contributed by atoms with Crippen molar-refractivity contribution in [3.05, 3.63) is 16.8 Å². The largest absolute Gasteiger partial charge is 0.385 e. The molecule has 1 N–H and O–H groups in total. The van der Waals surface area contributed by atoms with Gasteiger partial charge in [-0.15, -0.1) is 5.10 Å². The molecule has 0 amide bonds. The fourth-order valence-corrected chi connectivity index (χ4v) is 2.15. The zero-order chi connectivity index (χ0) is 13.9. The summed E-state index contributed by atoms with van der Waals surface area (Å²) in [7, 11) is 1.73. The van der Waals surface area contributed by atoms with Crippen molar-refractivity contribution >= 4 is 5.82 Å². The molecule has 2 rings (SSSR count). The van der Waals surface area contributed by atoms with Crippen LogP contribution in [-0.4, -0.2) is 30.5 Å².